The Kier molecular flexibility index (Phi) is 8.48. The number of thiophene rings is 1. The van der Waals surface area contributed by atoms with Gasteiger partial charge in [-0.25, -0.2) is 5.10 Å². The summed E-state index contributed by atoms with van der Waals surface area (Å²) in [6, 6.07) is 1.55. The average Bonchev–Trinajstić information content (AvgIpc) is 3.52. The van der Waals surface area contributed by atoms with Crippen molar-refractivity contribution < 1.29 is 37.5 Å². The van der Waals surface area contributed by atoms with Gasteiger partial charge in [-0.3, -0.25) is 9.89 Å². The summed E-state index contributed by atoms with van der Waals surface area (Å²) in [5.41, 5.74) is 4.49. The molecule has 10 nitrogen and oxygen atoms in total. The number of amides is 1. The Labute approximate surface area is 195 Å². The third-order valence-corrected chi connectivity index (χ3v) is 5.19. The molecular formula is C20H21F3N6O4S. The molecule has 0 aliphatic carbocycles. The minimum absolute atomic E-state index is 0. The fourth-order valence-electron chi connectivity index (χ4n) is 2.63. The zero-order valence-electron chi connectivity index (χ0n) is 16.9. The minimum atomic E-state index is -5.19. The van der Waals surface area contributed by atoms with Crippen LogP contribution in [-0.2, 0) is 4.79 Å². The van der Waals surface area contributed by atoms with Crippen LogP contribution in [0.25, 0.3) is 27.9 Å². The van der Waals surface area contributed by atoms with Crippen LogP contribution in [0.3, 0.4) is 0 Å². The SMILES string of the molecule is C.CC(CO)NC(=O)c1cc(-c2c[nH][n+]3cc(-c4cn[nH]c4)cnc23)cs1.O=C([O-])C(F)(F)F. The molecular weight excluding hydrogens is 477 g/mol. The van der Waals surface area contributed by atoms with Crippen molar-refractivity contribution in [2.24, 2.45) is 0 Å². The van der Waals surface area contributed by atoms with Crippen molar-refractivity contribution in [2.45, 2.75) is 26.6 Å². The number of aliphatic carboxylic acids is 1. The molecule has 0 spiro atoms. The zero-order valence-corrected chi connectivity index (χ0v) is 17.7. The number of aliphatic hydroxyl groups is 1. The number of carboxylic acid groups (broad SMARTS) is 1. The van der Waals surface area contributed by atoms with E-state index in [0.29, 0.717) is 4.88 Å². The molecule has 0 fully saturated rings. The number of aliphatic hydroxyl groups excluding tert-OH is 1. The molecule has 4 rings (SSSR count). The quantitative estimate of drug-likeness (QED) is 0.305. The second-order valence-corrected chi connectivity index (χ2v) is 7.66. The Bertz CT molecular complexity index is 1250. The molecule has 0 saturated heterocycles. The van der Waals surface area contributed by atoms with Crippen LogP contribution in [0.4, 0.5) is 13.2 Å². The van der Waals surface area contributed by atoms with Gasteiger partial charge in [-0.2, -0.15) is 18.3 Å². The molecule has 0 saturated carbocycles. The lowest BCUT2D eigenvalue weighted by molar-refractivity contribution is -0.578. The number of carbonyl (C=O) groups excluding carboxylic acids is 2. The van der Waals surface area contributed by atoms with Crippen LogP contribution in [-0.4, -0.2) is 56.1 Å². The van der Waals surface area contributed by atoms with Crippen LogP contribution in [0.1, 0.15) is 24.0 Å². The van der Waals surface area contributed by atoms with Crippen LogP contribution in [0.5, 0.6) is 0 Å². The Morgan fingerprint density at radius 3 is 2.56 bits per heavy atom. The van der Waals surface area contributed by atoms with Gasteiger partial charge in [-0.1, -0.05) is 7.43 Å². The first-order chi connectivity index (χ1) is 15.6. The molecule has 0 radical (unpaired) electrons. The van der Waals surface area contributed by atoms with E-state index >= 15 is 0 Å². The minimum Gasteiger partial charge on any atom is -0.542 e. The highest BCUT2D eigenvalue weighted by atomic mass is 32.1. The van der Waals surface area contributed by atoms with E-state index in [1.54, 1.807) is 19.3 Å². The van der Waals surface area contributed by atoms with Gasteiger partial charge in [0.2, 0.25) is 0 Å². The van der Waals surface area contributed by atoms with E-state index in [1.807, 2.05) is 34.6 Å². The highest BCUT2D eigenvalue weighted by Gasteiger charge is 2.28. The van der Waals surface area contributed by atoms with Crippen LogP contribution in [0.2, 0.25) is 0 Å². The summed E-state index contributed by atoms with van der Waals surface area (Å²) in [7, 11) is 0. The third-order valence-electron chi connectivity index (χ3n) is 4.26. The maximum atomic E-state index is 12.2. The Balaban J connectivity index is 0.000000449. The molecule has 4 N–H and O–H groups in total. The average molecular weight is 498 g/mol. The number of fused-ring (bicyclic) bond motifs is 1. The van der Waals surface area contributed by atoms with Gasteiger partial charge in [0.05, 0.1) is 35.0 Å². The number of rotatable bonds is 5. The molecule has 4 aromatic rings. The number of nitrogens with zero attached hydrogens (tertiary/aromatic N) is 3. The van der Waals surface area contributed by atoms with E-state index in [2.05, 4.69) is 25.6 Å². The van der Waals surface area contributed by atoms with Crippen molar-refractivity contribution in [3.05, 3.63) is 47.3 Å². The molecule has 182 valence electrons. The van der Waals surface area contributed by atoms with E-state index < -0.39 is 12.1 Å². The molecule has 0 aliphatic rings. The fraction of sp³-hybridized carbons (Fsp3) is 0.250. The van der Waals surface area contributed by atoms with E-state index in [0.717, 1.165) is 27.9 Å². The third kappa shape index (κ3) is 6.17. The van der Waals surface area contributed by atoms with E-state index in [1.165, 1.54) is 11.3 Å². The maximum Gasteiger partial charge on any atom is 0.430 e. The van der Waals surface area contributed by atoms with Gasteiger partial charge in [-0.05, 0) is 23.4 Å². The summed E-state index contributed by atoms with van der Waals surface area (Å²) in [4.78, 5) is 26.1. The van der Waals surface area contributed by atoms with Crippen molar-refractivity contribution in [2.75, 3.05) is 6.61 Å². The van der Waals surface area contributed by atoms with Crippen molar-refractivity contribution in [3.63, 3.8) is 0 Å². The van der Waals surface area contributed by atoms with Crippen LogP contribution in [0.15, 0.2) is 42.4 Å². The summed E-state index contributed by atoms with van der Waals surface area (Å²) in [5.74, 6) is -3.20. The number of carboxylic acids is 1. The number of hydrogen-bond donors (Lipinski definition) is 4. The van der Waals surface area contributed by atoms with Crippen LogP contribution in [0, 0.1) is 0 Å². The molecule has 0 aromatic carbocycles. The first-order valence-electron chi connectivity index (χ1n) is 9.27. The standard InChI is InChI=1S/C17H16N6O2S.C2HF3O2.CH4/c1-10(8-24)22-17(25)15-2-11(9-26-15)14-6-21-23-7-13(3-18-16(14)23)12-4-19-20-5-12;3-2(4,5)1(6)7;/h2-7,9-10,24H,8H2,1H3,(H2,19,20,22,25);(H,6,7);1H4. The molecule has 14 heteroatoms. The van der Waals surface area contributed by atoms with Gasteiger partial charge in [0.25, 0.3) is 5.91 Å². The number of aromatic amines is 2. The Morgan fingerprint density at radius 2 is 1.97 bits per heavy atom. The number of carbonyl (C=O) groups is 2. The van der Waals surface area contributed by atoms with Gasteiger partial charge >= 0.3 is 11.8 Å². The highest BCUT2D eigenvalue weighted by molar-refractivity contribution is 7.12. The van der Waals surface area contributed by atoms with Crippen molar-refractivity contribution in [1.29, 1.82) is 0 Å². The van der Waals surface area contributed by atoms with Crippen LogP contribution < -0.4 is 14.9 Å². The van der Waals surface area contributed by atoms with E-state index in [9.17, 15) is 18.0 Å². The molecule has 1 unspecified atom stereocenters. The molecule has 1 amide bonds. The summed E-state index contributed by atoms with van der Waals surface area (Å²) < 4.78 is 33.4. The van der Waals surface area contributed by atoms with E-state index in [4.69, 9.17) is 15.0 Å². The second kappa shape index (κ2) is 10.9. The molecule has 4 heterocycles. The maximum absolute atomic E-state index is 12.2. The first kappa shape index (κ1) is 26.5. The van der Waals surface area contributed by atoms with Gasteiger partial charge in [0.1, 0.15) is 12.2 Å². The number of hydrogen-bond acceptors (Lipinski definition) is 7. The molecule has 34 heavy (non-hydrogen) atoms. The number of halogens is 3. The summed E-state index contributed by atoms with van der Waals surface area (Å²) in [6.45, 7) is 1.66. The van der Waals surface area contributed by atoms with Gasteiger partial charge in [0, 0.05) is 23.4 Å². The number of H-pyrrole nitrogens is 2. The lowest BCUT2D eigenvalue weighted by Crippen LogP contribution is -2.37. The number of alkyl halides is 3. The van der Waals surface area contributed by atoms with Gasteiger partial charge in [0.15, 0.2) is 6.20 Å². The lowest BCUT2D eigenvalue weighted by Gasteiger charge is -2.08. The largest absolute Gasteiger partial charge is 0.542 e. The summed E-state index contributed by atoms with van der Waals surface area (Å²) in [5, 5.41) is 32.4. The van der Waals surface area contributed by atoms with Gasteiger partial charge in [-0.15, -0.1) is 15.9 Å². The lowest BCUT2D eigenvalue weighted by atomic mass is 10.1. The van der Waals surface area contributed by atoms with Crippen LogP contribution >= 0.6 is 11.3 Å². The predicted molar refractivity (Wildman–Crippen MR) is 114 cm³/mol. The smallest absolute Gasteiger partial charge is 0.430 e. The highest BCUT2D eigenvalue weighted by Crippen LogP contribution is 2.27. The van der Waals surface area contributed by atoms with E-state index in [-0.39, 0.29) is 26.0 Å². The fourth-order valence-corrected chi connectivity index (χ4v) is 3.44. The number of nitrogens with one attached hydrogen (secondary N) is 3. The molecule has 0 aliphatic heterocycles. The van der Waals surface area contributed by atoms with Gasteiger partial charge < -0.3 is 20.3 Å². The molecule has 1 atom stereocenters. The number of aromatic nitrogens is 5. The topological polar surface area (TPSA) is 151 Å². The summed E-state index contributed by atoms with van der Waals surface area (Å²) in [6.07, 6.45) is 3.95. The first-order valence-corrected chi connectivity index (χ1v) is 10.1. The normalized spacial score (nSPS) is 11.8. The Morgan fingerprint density at radius 1 is 1.26 bits per heavy atom. The Hall–Kier alpha value is -3.78. The van der Waals surface area contributed by atoms with Crippen molar-refractivity contribution >= 4 is 28.9 Å². The van der Waals surface area contributed by atoms with Crippen molar-refractivity contribution in [3.8, 4) is 22.3 Å². The molecule has 4 aromatic heterocycles. The predicted octanol–water partition coefficient (Wildman–Crippen LogP) is 1.31. The summed E-state index contributed by atoms with van der Waals surface area (Å²) >= 11 is 1.36. The zero-order chi connectivity index (χ0) is 24.2. The van der Waals surface area contributed by atoms with Crippen molar-refractivity contribution in [1.82, 2.24) is 25.6 Å². The monoisotopic (exact) mass is 498 g/mol. The second-order valence-electron chi connectivity index (χ2n) is 6.75. The molecule has 0 bridgehead atoms.